The van der Waals surface area contributed by atoms with E-state index in [1.54, 1.807) is 11.8 Å². The van der Waals surface area contributed by atoms with E-state index >= 15 is 0 Å². The van der Waals surface area contributed by atoms with Crippen LogP contribution in [0.15, 0.2) is 71.6 Å². The second-order valence-electron chi connectivity index (χ2n) is 5.71. The van der Waals surface area contributed by atoms with Crippen LogP contribution in [-0.4, -0.2) is 13.0 Å². The number of hydrogen-bond donors (Lipinski definition) is 1. The Morgan fingerprint density at radius 2 is 1.85 bits per heavy atom. The molecule has 3 aromatic carbocycles. The van der Waals surface area contributed by atoms with Crippen LogP contribution in [0.4, 0.5) is 10.1 Å². The lowest BCUT2D eigenvalue weighted by Gasteiger charge is -2.11. The number of anilines is 1. The predicted molar refractivity (Wildman–Crippen MR) is 108 cm³/mol. The minimum atomic E-state index is -0.574. The molecule has 0 unspecified atom stereocenters. The number of halogens is 2. The number of carbonyl (C=O) groups excluding carboxylic acids is 1. The molecule has 0 fully saturated rings. The summed E-state index contributed by atoms with van der Waals surface area (Å²) in [7, 11) is 1.38. The highest BCUT2D eigenvalue weighted by molar-refractivity contribution is 7.98. The largest absolute Gasteiger partial charge is 0.494 e. The standard InChI is InChI=1S/C21H17ClFNO2S/c1-26-19-11-8-15(12-17(19)23)21(25)24-18-4-2-3-5-20(18)27-13-14-6-9-16(22)10-7-14/h2-12H,13H2,1H3,(H,24,25). The van der Waals surface area contributed by atoms with Gasteiger partial charge in [-0.1, -0.05) is 35.9 Å². The van der Waals surface area contributed by atoms with Gasteiger partial charge in [0.1, 0.15) is 0 Å². The Kier molecular flexibility index (Phi) is 6.37. The third kappa shape index (κ3) is 5.02. The molecule has 138 valence electrons. The lowest BCUT2D eigenvalue weighted by Crippen LogP contribution is -2.13. The Bertz CT molecular complexity index is 947. The first-order chi connectivity index (χ1) is 13.1. The summed E-state index contributed by atoms with van der Waals surface area (Å²) >= 11 is 7.51. The molecule has 0 aliphatic carbocycles. The summed E-state index contributed by atoms with van der Waals surface area (Å²) < 4.78 is 18.7. The molecule has 0 radical (unpaired) electrons. The summed E-state index contributed by atoms with van der Waals surface area (Å²) in [5, 5.41) is 3.55. The molecule has 0 aliphatic heterocycles. The Morgan fingerprint density at radius 3 is 2.56 bits per heavy atom. The quantitative estimate of drug-likeness (QED) is 0.512. The Balaban J connectivity index is 1.72. The molecule has 1 N–H and O–H groups in total. The van der Waals surface area contributed by atoms with Gasteiger partial charge < -0.3 is 10.1 Å². The molecule has 3 aromatic rings. The predicted octanol–water partition coefficient (Wildman–Crippen LogP) is 6.03. The number of methoxy groups -OCH3 is 1. The molecule has 3 nitrogen and oxygen atoms in total. The zero-order valence-electron chi connectivity index (χ0n) is 14.5. The zero-order valence-corrected chi connectivity index (χ0v) is 16.1. The summed E-state index contributed by atoms with van der Waals surface area (Å²) in [5.41, 5.74) is 2.03. The highest BCUT2D eigenvalue weighted by Gasteiger charge is 2.12. The summed E-state index contributed by atoms with van der Waals surface area (Å²) in [6.45, 7) is 0. The lowest BCUT2D eigenvalue weighted by molar-refractivity contribution is 0.102. The van der Waals surface area contributed by atoms with Gasteiger partial charge in [0.25, 0.3) is 5.91 Å². The number of benzene rings is 3. The highest BCUT2D eigenvalue weighted by atomic mass is 35.5. The summed E-state index contributed by atoms with van der Waals surface area (Å²) in [6.07, 6.45) is 0. The molecule has 0 bridgehead atoms. The number of thioether (sulfide) groups is 1. The molecule has 0 atom stereocenters. The van der Waals surface area contributed by atoms with Crippen LogP contribution in [-0.2, 0) is 5.75 Å². The first kappa shape index (κ1) is 19.3. The van der Waals surface area contributed by atoms with Gasteiger partial charge in [-0.2, -0.15) is 0 Å². The number of ether oxygens (including phenoxy) is 1. The smallest absolute Gasteiger partial charge is 0.255 e. The van der Waals surface area contributed by atoms with Crippen molar-refractivity contribution in [3.8, 4) is 5.75 Å². The maximum atomic E-state index is 13.8. The fourth-order valence-electron chi connectivity index (χ4n) is 2.44. The number of carbonyl (C=O) groups is 1. The van der Waals surface area contributed by atoms with Crippen LogP contribution in [0.5, 0.6) is 5.75 Å². The molecule has 1 amide bonds. The molecular weight excluding hydrogens is 385 g/mol. The summed E-state index contributed by atoms with van der Waals surface area (Å²) in [6, 6.07) is 19.3. The second-order valence-corrected chi connectivity index (χ2v) is 7.17. The Labute approximate surface area is 166 Å². The van der Waals surface area contributed by atoms with Gasteiger partial charge in [-0.25, -0.2) is 4.39 Å². The minimum absolute atomic E-state index is 0.102. The summed E-state index contributed by atoms with van der Waals surface area (Å²) in [4.78, 5) is 13.4. The number of nitrogens with one attached hydrogen (secondary N) is 1. The molecule has 0 spiro atoms. The van der Waals surface area contributed by atoms with Crippen LogP contribution in [0.2, 0.25) is 5.02 Å². The van der Waals surface area contributed by atoms with E-state index in [0.29, 0.717) is 10.7 Å². The average Bonchev–Trinajstić information content (AvgIpc) is 2.68. The van der Waals surface area contributed by atoms with E-state index < -0.39 is 5.82 Å². The molecule has 0 aromatic heterocycles. The average molecular weight is 402 g/mol. The van der Waals surface area contributed by atoms with Gasteiger partial charge in [-0.15, -0.1) is 11.8 Å². The van der Waals surface area contributed by atoms with Crippen LogP contribution in [0.1, 0.15) is 15.9 Å². The fraction of sp³-hybridized carbons (Fsp3) is 0.0952. The van der Waals surface area contributed by atoms with Gasteiger partial charge >= 0.3 is 0 Å². The maximum Gasteiger partial charge on any atom is 0.255 e. The van der Waals surface area contributed by atoms with Crippen molar-refractivity contribution in [3.05, 3.63) is 88.7 Å². The van der Waals surface area contributed by atoms with E-state index in [1.165, 1.54) is 19.2 Å². The van der Waals surface area contributed by atoms with Gasteiger partial charge in [0.2, 0.25) is 0 Å². The van der Waals surface area contributed by atoms with Gasteiger partial charge in [0.15, 0.2) is 11.6 Å². The Morgan fingerprint density at radius 1 is 1.11 bits per heavy atom. The summed E-state index contributed by atoms with van der Waals surface area (Å²) in [5.74, 6) is -0.113. The van der Waals surface area contributed by atoms with Gasteiger partial charge in [-0.3, -0.25) is 4.79 Å². The van der Waals surface area contributed by atoms with Crippen molar-refractivity contribution in [1.82, 2.24) is 0 Å². The maximum absolute atomic E-state index is 13.8. The molecule has 0 saturated carbocycles. The van der Waals surface area contributed by atoms with E-state index in [9.17, 15) is 9.18 Å². The van der Waals surface area contributed by atoms with Crippen molar-refractivity contribution < 1.29 is 13.9 Å². The van der Waals surface area contributed by atoms with Crippen LogP contribution < -0.4 is 10.1 Å². The van der Waals surface area contributed by atoms with Gasteiger partial charge in [0, 0.05) is 21.2 Å². The third-order valence-corrected chi connectivity index (χ3v) is 5.25. The molecule has 6 heteroatoms. The van der Waals surface area contributed by atoms with Crippen molar-refractivity contribution in [2.24, 2.45) is 0 Å². The normalized spacial score (nSPS) is 10.5. The Hall–Kier alpha value is -2.50. The van der Waals surface area contributed by atoms with Crippen molar-refractivity contribution in [1.29, 1.82) is 0 Å². The van der Waals surface area contributed by atoms with E-state index in [-0.39, 0.29) is 17.2 Å². The van der Waals surface area contributed by atoms with E-state index in [1.807, 2.05) is 48.5 Å². The molecule has 0 aliphatic rings. The molecular formula is C21H17ClFNO2S. The van der Waals surface area contributed by atoms with Crippen molar-refractivity contribution in [2.75, 3.05) is 12.4 Å². The van der Waals surface area contributed by atoms with Crippen LogP contribution in [0.3, 0.4) is 0 Å². The SMILES string of the molecule is COc1ccc(C(=O)Nc2ccccc2SCc2ccc(Cl)cc2)cc1F. The number of hydrogen-bond acceptors (Lipinski definition) is 3. The lowest BCUT2D eigenvalue weighted by atomic mass is 10.2. The van der Waals surface area contributed by atoms with E-state index in [4.69, 9.17) is 16.3 Å². The first-order valence-corrected chi connectivity index (χ1v) is 9.54. The molecule has 0 heterocycles. The van der Waals surface area contributed by atoms with Crippen molar-refractivity contribution >= 4 is 35.0 Å². The third-order valence-electron chi connectivity index (χ3n) is 3.86. The number of amides is 1. The minimum Gasteiger partial charge on any atom is -0.494 e. The molecule has 27 heavy (non-hydrogen) atoms. The fourth-order valence-corrected chi connectivity index (χ4v) is 3.53. The second kappa shape index (κ2) is 8.93. The van der Waals surface area contributed by atoms with Gasteiger partial charge in [0.05, 0.1) is 12.8 Å². The topological polar surface area (TPSA) is 38.3 Å². The van der Waals surface area contributed by atoms with Crippen LogP contribution >= 0.6 is 23.4 Å². The molecule has 0 saturated heterocycles. The molecule has 3 rings (SSSR count). The zero-order chi connectivity index (χ0) is 19.2. The number of rotatable bonds is 6. The van der Waals surface area contributed by atoms with E-state index in [2.05, 4.69) is 5.32 Å². The highest BCUT2D eigenvalue weighted by Crippen LogP contribution is 2.30. The first-order valence-electron chi connectivity index (χ1n) is 8.18. The number of para-hydroxylation sites is 1. The monoisotopic (exact) mass is 401 g/mol. The van der Waals surface area contributed by atoms with Crippen LogP contribution in [0, 0.1) is 5.82 Å². The van der Waals surface area contributed by atoms with Crippen LogP contribution in [0.25, 0.3) is 0 Å². The van der Waals surface area contributed by atoms with Crippen molar-refractivity contribution in [2.45, 2.75) is 10.6 Å². The van der Waals surface area contributed by atoms with Crippen molar-refractivity contribution in [3.63, 3.8) is 0 Å². The van der Waals surface area contributed by atoms with E-state index in [0.717, 1.165) is 22.3 Å². The van der Waals surface area contributed by atoms with Gasteiger partial charge in [-0.05, 0) is 48.0 Å².